The highest BCUT2D eigenvalue weighted by molar-refractivity contribution is 5.24. The van der Waals surface area contributed by atoms with Crippen LogP contribution in [-0.2, 0) is 19.4 Å². The van der Waals surface area contributed by atoms with Crippen LogP contribution in [0.2, 0.25) is 0 Å². The molecule has 96 valence electrons. The molecule has 0 aliphatic rings. The highest BCUT2D eigenvalue weighted by atomic mass is 16.3. The highest BCUT2D eigenvalue weighted by Crippen LogP contribution is 2.18. The molecule has 2 aromatic rings. The zero-order valence-corrected chi connectivity index (χ0v) is 11.0. The first-order chi connectivity index (χ1) is 8.74. The van der Waals surface area contributed by atoms with Gasteiger partial charge < -0.3 is 5.11 Å². The van der Waals surface area contributed by atoms with E-state index in [9.17, 15) is 5.11 Å². The molecule has 0 radical (unpaired) electrons. The molecular weight excluding hydrogens is 224 g/mol. The number of nitrogens with zero attached hydrogens (tertiary/aromatic N) is 2. The molecular formula is C15H20N2O. The van der Waals surface area contributed by atoms with Gasteiger partial charge in [-0.05, 0) is 30.5 Å². The number of rotatable bonds is 5. The molecule has 0 bridgehead atoms. The molecule has 1 heterocycles. The summed E-state index contributed by atoms with van der Waals surface area (Å²) in [5.74, 6) is 0. The Morgan fingerprint density at radius 3 is 2.39 bits per heavy atom. The summed E-state index contributed by atoms with van der Waals surface area (Å²) in [6, 6.07) is 10.3. The van der Waals surface area contributed by atoms with E-state index in [-0.39, 0.29) is 0 Å². The lowest BCUT2D eigenvalue weighted by molar-refractivity contribution is 0.167. The van der Waals surface area contributed by atoms with Crippen LogP contribution in [-0.4, -0.2) is 14.9 Å². The summed E-state index contributed by atoms with van der Waals surface area (Å²) in [4.78, 5) is 0. The fourth-order valence-electron chi connectivity index (χ4n) is 2.13. The van der Waals surface area contributed by atoms with Crippen LogP contribution in [0.3, 0.4) is 0 Å². The minimum atomic E-state index is -0.486. The fourth-order valence-corrected chi connectivity index (χ4v) is 2.13. The average Bonchev–Trinajstić information content (AvgIpc) is 2.88. The van der Waals surface area contributed by atoms with Gasteiger partial charge in [-0.15, -0.1) is 0 Å². The van der Waals surface area contributed by atoms with Gasteiger partial charge in [0.15, 0.2) is 0 Å². The van der Waals surface area contributed by atoms with Crippen molar-refractivity contribution >= 4 is 0 Å². The van der Waals surface area contributed by atoms with E-state index in [0.29, 0.717) is 6.42 Å². The first-order valence-corrected chi connectivity index (χ1v) is 6.52. The number of benzene rings is 1. The van der Waals surface area contributed by atoms with Gasteiger partial charge in [-0.1, -0.05) is 31.2 Å². The standard InChI is InChI=1S/C15H20N2O/c1-3-12-5-7-13(8-6-12)11-15(18)14-9-10-16-17(14)4-2/h5-10,15,18H,3-4,11H2,1-2H3. The van der Waals surface area contributed by atoms with Crippen molar-refractivity contribution in [2.75, 3.05) is 0 Å². The van der Waals surface area contributed by atoms with Crippen molar-refractivity contribution in [3.05, 3.63) is 53.3 Å². The second kappa shape index (κ2) is 5.83. The monoisotopic (exact) mass is 244 g/mol. The normalized spacial score (nSPS) is 12.6. The molecule has 1 atom stereocenters. The smallest absolute Gasteiger partial charge is 0.0996 e. The lowest BCUT2D eigenvalue weighted by Crippen LogP contribution is -2.10. The van der Waals surface area contributed by atoms with Gasteiger partial charge in [0.2, 0.25) is 0 Å². The first-order valence-electron chi connectivity index (χ1n) is 6.52. The van der Waals surface area contributed by atoms with Crippen molar-refractivity contribution in [2.24, 2.45) is 0 Å². The summed E-state index contributed by atoms with van der Waals surface area (Å²) in [6.07, 6.45) is 2.93. The molecule has 1 N–H and O–H groups in total. The highest BCUT2D eigenvalue weighted by Gasteiger charge is 2.12. The van der Waals surface area contributed by atoms with E-state index >= 15 is 0 Å². The van der Waals surface area contributed by atoms with Crippen LogP contribution in [0.25, 0.3) is 0 Å². The summed E-state index contributed by atoms with van der Waals surface area (Å²) in [5, 5.41) is 14.4. The van der Waals surface area contributed by atoms with Gasteiger partial charge in [-0.3, -0.25) is 4.68 Å². The van der Waals surface area contributed by atoms with Gasteiger partial charge in [0.05, 0.1) is 11.8 Å². The Kier molecular flexibility index (Phi) is 4.15. The summed E-state index contributed by atoms with van der Waals surface area (Å²) >= 11 is 0. The maximum absolute atomic E-state index is 10.2. The topological polar surface area (TPSA) is 38.1 Å². The molecule has 0 saturated carbocycles. The zero-order chi connectivity index (χ0) is 13.0. The second-order valence-electron chi connectivity index (χ2n) is 4.46. The lowest BCUT2D eigenvalue weighted by atomic mass is 10.0. The molecule has 0 spiro atoms. The maximum Gasteiger partial charge on any atom is 0.0996 e. The van der Waals surface area contributed by atoms with E-state index in [4.69, 9.17) is 0 Å². The number of aliphatic hydroxyl groups is 1. The van der Waals surface area contributed by atoms with Crippen LogP contribution in [0.15, 0.2) is 36.5 Å². The summed E-state index contributed by atoms with van der Waals surface area (Å²) in [6.45, 7) is 4.96. The molecule has 1 unspecified atom stereocenters. The Hall–Kier alpha value is -1.61. The SMILES string of the molecule is CCc1ccc(CC(O)c2ccnn2CC)cc1. The van der Waals surface area contributed by atoms with Crippen LogP contribution in [0.1, 0.15) is 36.8 Å². The lowest BCUT2D eigenvalue weighted by Gasteiger charge is -2.12. The fraction of sp³-hybridized carbons (Fsp3) is 0.400. The van der Waals surface area contributed by atoms with Crippen molar-refractivity contribution in [1.82, 2.24) is 9.78 Å². The molecule has 0 saturated heterocycles. The molecule has 3 heteroatoms. The molecule has 0 amide bonds. The number of hydrogen-bond acceptors (Lipinski definition) is 2. The molecule has 2 rings (SSSR count). The Labute approximate surface area is 108 Å². The van der Waals surface area contributed by atoms with Crippen LogP contribution in [0.4, 0.5) is 0 Å². The summed E-state index contributed by atoms with van der Waals surface area (Å²) in [5.41, 5.74) is 3.37. The van der Waals surface area contributed by atoms with Crippen molar-refractivity contribution < 1.29 is 5.11 Å². The van der Waals surface area contributed by atoms with Crippen LogP contribution in [0, 0.1) is 0 Å². The van der Waals surface area contributed by atoms with Gasteiger partial charge in [0.25, 0.3) is 0 Å². The molecule has 18 heavy (non-hydrogen) atoms. The van der Waals surface area contributed by atoms with Crippen molar-refractivity contribution in [3.63, 3.8) is 0 Å². The largest absolute Gasteiger partial charge is 0.386 e. The third-order valence-electron chi connectivity index (χ3n) is 3.25. The van der Waals surface area contributed by atoms with Crippen LogP contribution in [0.5, 0.6) is 0 Å². The number of hydrogen-bond donors (Lipinski definition) is 1. The minimum Gasteiger partial charge on any atom is -0.386 e. The number of aryl methyl sites for hydroxylation is 2. The Bertz CT molecular complexity index is 487. The van der Waals surface area contributed by atoms with E-state index in [1.54, 1.807) is 6.20 Å². The molecule has 1 aromatic carbocycles. The number of aliphatic hydroxyl groups excluding tert-OH is 1. The zero-order valence-electron chi connectivity index (χ0n) is 11.0. The first kappa shape index (κ1) is 12.8. The van der Waals surface area contributed by atoms with E-state index < -0.39 is 6.10 Å². The Balaban J connectivity index is 2.08. The second-order valence-corrected chi connectivity index (χ2v) is 4.46. The van der Waals surface area contributed by atoms with Crippen LogP contribution < -0.4 is 0 Å². The van der Waals surface area contributed by atoms with Crippen molar-refractivity contribution in [2.45, 2.75) is 39.3 Å². The Morgan fingerprint density at radius 2 is 1.78 bits per heavy atom. The third-order valence-corrected chi connectivity index (χ3v) is 3.25. The van der Waals surface area contributed by atoms with Crippen molar-refractivity contribution in [3.8, 4) is 0 Å². The van der Waals surface area contributed by atoms with Gasteiger partial charge >= 0.3 is 0 Å². The molecule has 1 aromatic heterocycles. The third kappa shape index (κ3) is 2.79. The van der Waals surface area contributed by atoms with Gasteiger partial charge in [-0.2, -0.15) is 5.10 Å². The summed E-state index contributed by atoms with van der Waals surface area (Å²) < 4.78 is 1.84. The van der Waals surface area contributed by atoms with E-state index in [2.05, 4.69) is 36.3 Å². The van der Waals surface area contributed by atoms with Crippen LogP contribution >= 0.6 is 0 Å². The molecule has 0 aliphatic heterocycles. The van der Waals surface area contributed by atoms with E-state index in [1.807, 2.05) is 17.7 Å². The van der Waals surface area contributed by atoms with Gasteiger partial charge in [-0.25, -0.2) is 0 Å². The van der Waals surface area contributed by atoms with E-state index in [1.165, 1.54) is 5.56 Å². The van der Waals surface area contributed by atoms with Gasteiger partial charge in [0.1, 0.15) is 0 Å². The molecule has 3 nitrogen and oxygen atoms in total. The van der Waals surface area contributed by atoms with E-state index in [0.717, 1.165) is 24.2 Å². The predicted molar refractivity (Wildman–Crippen MR) is 72.4 cm³/mol. The predicted octanol–water partition coefficient (Wildman–Crippen LogP) is 2.74. The maximum atomic E-state index is 10.2. The molecule has 0 fully saturated rings. The summed E-state index contributed by atoms with van der Waals surface area (Å²) in [7, 11) is 0. The van der Waals surface area contributed by atoms with Gasteiger partial charge in [0, 0.05) is 19.2 Å². The van der Waals surface area contributed by atoms with Crippen molar-refractivity contribution in [1.29, 1.82) is 0 Å². The quantitative estimate of drug-likeness (QED) is 0.878. The molecule has 0 aliphatic carbocycles. The number of aromatic nitrogens is 2. The minimum absolute atomic E-state index is 0.486. The average molecular weight is 244 g/mol. The Morgan fingerprint density at radius 1 is 1.11 bits per heavy atom.